The quantitative estimate of drug-likeness (QED) is 0.593. The van der Waals surface area contributed by atoms with Crippen LogP contribution in [-0.2, 0) is 0 Å². The van der Waals surface area contributed by atoms with Gasteiger partial charge in [0.25, 0.3) is 0 Å². The minimum Gasteiger partial charge on any atom is -0.131 e. The maximum absolute atomic E-state index is 6.06. The van der Waals surface area contributed by atoms with Gasteiger partial charge in [0.15, 0.2) is 0 Å². The van der Waals surface area contributed by atoms with Crippen LogP contribution in [-0.4, -0.2) is 0 Å². The van der Waals surface area contributed by atoms with Crippen molar-refractivity contribution in [2.24, 2.45) is 0 Å². The average molecular weight is 347 g/mol. The van der Waals surface area contributed by atoms with Gasteiger partial charge in [0.2, 0.25) is 0 Å². The third-order valence-electron chi connectivity index (χ3n) is 1.54. The lowest BCUT2D eigenvalue weighted by Gasteiger charge is -1.94. The van der Waals surface area contributed by atoms with E-state index in [1.165, 1.54) is 22.7 Å². The number of halogens is 4. The maximum Gasteiger partial charge on any atom is 0.103 e. The summed E-state index contributed by atoms with van der Waals surface area (Å²) in [6, 6.07) is 1.81. The summed E-state index contributed by atoms with van der Waals surface area (Å²) in [5, 5.41) is 3.63. The Morgan fingerprint density at radius 2 is 2.00 bits per heavy atom. The molecular formula is C8HBrCl3S2. The molecule has 0 aromatic carbocycles. The molecule has 0 fully saturated rings. The molecule has 0 nitrogen and oxygen atoms in total. The summed E-state index contributed by atoms with van der Waals surface area (Å²) >= 11 is 24.0. The van der Waals surface area contributed by atoms with Gasteiger partial charge in [0, 0.05) is 5.56 Å². The molecule has 0 saturated carbocycles. The average Bonchev–Trinajstić information content (AvgIpc) is 2.59. The third-order valence-corrected chi connectivity index (χ3v) is 5.53. The van der Waals surface area contributed by atoms with Gasteiger partial charge in [-0.25, -0.2) is 0 Å². The summed E-state index contributed by atoms with van der Waals surface area (Å²) in [7, 11) is 0. The summed E-state index contributed by atoms with van der Waals surface area (Å²) in [6.07, 6.45) is 0. The SMILES string of the molecule is Clc1cc(-c2s[c]c(Br)c2Cl)c(Cl)s1. The van der Waals surface area contributed by atoms with E-state index in [-0.39, 0.29) is 0 Å². The molecule has 1 radical (unpaired) electrons. The predicted octanol–water partition coefficient (Wildman–Crippen LogP) is 6.00. The van der Waals surface area contributed by atoms with Crippen LogP contribution in [0.5, 0.6) is 0 Å². The molecule has 0 saturated heterocycles. The molecule has 0 aliphatic carbocycles. The second-order valence-corrected chi connectivity index (χ2v) is 6.67. The Labute approximate surface area is 113 Å². The summed E-state index contributed by atoms with van der Waals surface area (Å²) in [6.45, 7) is 0. The van der Waals surface area contributed by atoms with E-state index in [0.717, 1.165) is 14.9 Å². The van der Waals surface area contributed by atoms with E-state index in [4.69, 9.17) is 34.8 Å². The maximum atomic E-state index is 6.06. The van der Waals surface area contributed by atoms with Crippen LogP contribution in [0.15, 0.2) is 10.5 Å². The molecule has 0 aliphatic heterocycles. The van der Waals surface area contributed by atoms with Crippen LogP contribution in [0.1, 0.15) is 0 Å². The second kappa shape index (κ2) is 4.32. The molecule has 0 N–H and O–H groups in total. The molecular weight excluding hydrogens is 346 g/mol. The van der Waals surface area contributed by atoms with Crippen molar-refractivity contribution in [1.29, 1.82) is 0 Å². The molecule has 73 valence electrons. The highest BCUT2D eigenvalue weighted by Crippen LogP contribution is 2.45. The fourth-order valence-corrected chi connectivity index (χ4v) is 4.20. The van der Waals surface area contributed by atoms with Crippen LogP contribution in [0.4, 0.5) is 0 Å². The van der Waals surface area contributed by atoms with Gasteiger partial charge in [-0.1, -0.05) is 34.8 Å². The lowest BCUT2D eigenvalue weighted by molar-refractivity contribution is 1.82. The van der Waals surface area contributed by atoms with Gasteiger partial charge in [0.05, 0.1) is 24.1 Å². The second-order valence-electron chi connectivity index (χ2n) is 2.40. The number of hydrogen-bond acceptors (Lipinski definition) is 2. The van der Waals surface area contributed by atoms with Gasteiger partial charge in [-0.3, -0.25) is 0 Å². The first-order valence-electron chi connectivity index (χ1n) is 3.40. The van der Waals surface area contributed by atoms with E-state index in [0.29, 0.717) is 13.7 Å². The fourth-order valence-electron chi connectivity index (χ4n) is 0.953. The molecule has 2 rings (SSSR count). The summed E-state index contributed by atoms with van der Waals surface area (Å²) < 4.78 is 2.07. The molecule has 0 unspecified atom stereocenters. The molecule has 0 aliphatic rings. The zero-order chi connectivity index (χ0) is 10.3. The van der Waals surface area contributed by atoms with Gasteiger partial charge in [0.1, 0.15) is 4.34 Å². The number of hydrogen-bond donors (Lipinski definition) is 0. The van der Waals surface area contributed by atoms with Crippen molar-refractivity contribution in [3.05, 3.63) is 29.6 Å². The molecule has 6 heteroatoms. The minimum absolute atomic E-state index is 0.631. The van der Waals surface area contributed by atoms with Crippen molar-refractivity contribution in [3.8, 4) is 10.4 Å². The Bertz CT molecular complexity index is 475. The first-order chi connectivity index (χ1) is 6.59. The van der Waals surface area contributed by atoms with Gasteiger partial charge >= 0.3 is 0 Å². The fraction of sp³-hybridized carbons (Fsp3) is 0. The Morgan fingerprint density at radius 3 is 2.43 bits per heavy atom. The van der Waals surface area contributed by atoms with Crippen molar-refractivity contribution >= 4 is 73.4 Å². The molecule has 0 bridgehead atoms. The molecule has 0 amide bonds. The Balaban J connectivity index is 2.59. The Morgan fingerprint density at radius 1 is 1.29 bits per heavy atom. The monoisotopic (exact) mass is 345 g/mol. The molecule has 0 atom stereocenters. The first-order valence-corrected chi connectivity index (χ1v) is 6.96. The van der Waals surface area contributed by atoms with E-state index in [9.17, 15) is 0 Å². The minimum atomic E-state index is 0.631. The number of rotatable bonds is 1. The van der Waals surface area contributed by atoms with Crippen LogP contribution in [0, 0.1) is 5.38 Å². The molecule has 14 heavy (non-hydrogen) atoms. The zero-order valence-electron chi connectivity index (χ0n) is 6.41. The zero-order valence-corrected chi connectivity index (χ0v) is 11.9. The lowest BCUT2D eigenvalue weighted by Crippen LogP contribution is -1.67. The predicted molar refractivity (Wildman–Crippen MR) is 69.2 cm³/mol. The normalized spacial score (nSPS) is 10.9. The summed E-state index contributed by atoms with van der Waals surface area (Å²) in [5.41, 5.74) is 0.874. The van der Waals surface area contributed by atoms with E-state index in [2.05, 4.69) is 21.3 Å². The smallest absolute Gasteiger partial charge is 0.103 e. The third kappa shape index (κ3) is 1.99. The highest BCUT2D eigenvalue weighted by Gasteiger charge is 2.15. The van der Waals surface area contributed by atoms with Crippen LogP contribution < -0.4 is 0 Å². The molecule has 0 spiro atoms. The lowest BCUT2D eigenvalue weighted by atomic mass is 10.3. The highest BCUT2D eigenvalue weighted by molar-refractivity contribution is 9.10. The van der Waals surface area contributed by atoms with E-state index >= 15 is 0 Å². The van der Waals surface area contributed by atoms with E-state index in [1.54, 1.807) is 0 Å². The van der Waals surface area contributed by atoms with Crippen LogP contribution in [0.3, 0.4) is 0 Å². The number of thiophene rings is 2. The van der Waals surface area contributed by atoms with Crippen LogP contribution in [0.2, 0.25) is 13.7 Å². The van der Waals surface area contributed by atoms with Gasteiger partial charge in [-0.15, -0.1) is 22.7 Å². The summed E-state index contributed by atoms with van der Waals surface area (Å²) in [4.78, 5) is 0.895. The van der Waals surface area contributed by atoms with Crippen molar-refractivity contribution in [3.63, 3.8) is 0 Å². The van der Waals surface area contributed by atoms with Crippen molar-refractivity contribution in [2.75, 3.05) is 0 Å². The molecule has 2 aromatic rings. The van der Waals surface area contributed by atoms with Gasteiger partial charge in [-0.2, -0.15) is 0 Å². The van der Waals surface area contributed by atoms with Gasteiger partial charge < -0.3 is 0 Å². The highest BCUT2D eigenvalue weighted by atomic mass is 79.9. The molecule has 2 heterocycles. The largest absolute Gasteiger partial charge is 0.131 e. The van der Waals surface area contributed by atoms with Crippen LogP contribution in [0.25, 0.3) is 10.4 Å². The standard InChI is InChI=1S/C8HBrCl3S2/c9-4-2-13-7(6(4)11)3-1-5(10)14-8(3)12/h1H. The summed E-state index contributed by atoms with van der Waals surface area (Å²) in [5.74, 6) is 0. The van der Waals surface area contributed by atoms with Crippen molar-refractivity contribution in [2.45, 2.75) is 0 Å². The van der Waals surface area contributed by atoms with E-state index < -0.39 is 0 Å². The Kier molecular flexibility index (Phi) is 3.47. The first kappa shape index (κ1) is 11.2. The van der Waals surface area contributed by atoms with E-state index in [1.807, 2.05) is 6.07 Å². The Hall–Kier alpha value is 0.750. The topological polar surface area (TPSA) is 0 Å². The van der Waals surface area contributed by atoms with Crippen LogP contribution >= 0.6 is 73.4 Å². The molecule has 2 aromatic heterocycles. The van der Waals surface area contributed by atoms with Crippen molar-refractivity contribution in [1.82, 2.24) is 0 Å². The van der Waals surface area contributed by atoms with Gasteiger partial charge in [-0.05, 0) is 22.0 Å². The van der Waals surface area contributed by atoms with Crippen molar-refractivity contribution < 1.29 is 0 Å².